The average Bonchev–Trinajstić information content (AvgIpc) is 3.12. The molecule has 0 spiro atoms. The van der Waals surface area contributed by atoms with Gasteiger partial charge in [-0.15, -0.1) is 0 Å². The summed E-state index contributed by atoms with van der Waals surface area (Å²) in [5.41, 5.74) is 0.635. The maximum absolute atomic E-state index is 11.9. The SMILES string of the molecule is O=S(=O)(CC1CC1)Nc1ccc2cc(Br)ccc2c1. The van der Waals surface area contributed by atoms with Crippen molar-refractivity contribution in [2.75, 3.05) is 10.5 Å². The van der Waals surface area contributed by atoms with Crippen LogP contribution in [0.1, 0.15) is 12.8 Å². The molecule has 0 radical (unpaired) electrons. The highest BCUT2D eigenvalue weighted by molar-refractivity contribution is 9.10. The van der Waals surface area contributed by atoms with Crippen molar-refractivity contribution in [1.29, 1.82) is 0 Å². The van der Waals surface area contributed by atoms with Crippen LogP contribution < -0.4 is 4.72 Å². The van der Waals surface area contributed by atoms with Crippen molar-refractivity contribution in [2.45, 2.75) is 12.8 Å². The van der Waals surface area contributed by atoms with E-state index in [2.05, 4.69) is 20.7 Å². The summed E-state index contributed by atoms with van der Waals surface area (Å²) in [5.74, 6) is 0.597. The molecule has 0 aromatic heterocycles. The van der Waals surface area contributed by atoms with Gasteiger partial charge in [-0.1, -0.05) is 28.1 Å². The third-order valence-electron chi connectivity index (χ3n) is 3.23. The van der Waals surface area contributed by atoms with Crippen LogP contribution in [0.5, 0.6) is 0 Å². The standard InChI is InChI=1S/C14H14BrNO2S/c15-13-5-3-12-8-14(6-4-11(12)7-13)16-19(17,18)9-10-1-2-10/h3-8,10,16H,1-2,9H2. The van der Waals surface area contributed by atoms with E-state index in [4.69, 9.17) is 0 Å². The minimum atomic E-state index is -3.21. The molecule has 0 atom stereocenters. The molecular formula is C14H14BrNO2S. The van der Waals surface area contributed by atoms with E-state index in [0.717, 1.165) is 28.1 Å². The largest absolute Gasteiger partial charge is 0.284 e. The van der Waals surface area contributed by atoms with Gasteiger partial charge in [0.05, 0.1) is 5.75 Å². The Morgan fingerprint density at radius 1 is 1.11 bits per heavy atom. The molecule has 0 heterocycles. The molecule has 2 aromatic rings. The van der Waals surface area contributed by atoms with E-state index < -0.39 is 10.0 Å². The lowest BCUT2D eigenvalue weighted by molar-refractivity contribution is 0.597. The van der Waals surface area contributed by atoms with Crippen molar-refractivity contribution in [3.63, 3.8) is 0 Å². The highest BCUT2D eigenvalue weighted by Gasteiger charge is 2.27. The van der Waals surface area contributed by atoms with Gasteiger partial charge in [0.2, 0.25) is 10.0 Å². The summed E-state index contributed by atoms with van der Waals surface area (Å²) < 4.78 is 27.5. The number of fused-ring (bicyclic) bond motifs is 1. The van der Waals surface area contributed by atoms with Gasteiger partial charge in [0.15, 0.2) is 0 Å². The first-order valence-corrected chi connectivity index (χ1v) is 8.66. The number of anilines is 1. The van der Waals surface area contributed by atoms with Gasteiger partial charge in [-0.3, -0.25) is 4.72 Å². The molecule has 100 valence electrons. The van der Waals surface area contributed by atoms with Gasteiger partial charge in [0.1, 0.15) is 0 Å². The van der Waals surface area contributed by atoms with E-state index >= 15 is 0 Å². The van der Waals surface area contributed by atoms with Crippen LogP contribution in [0, 0.1) is 5.92 Å². The van der Waals surface area contributed by atoms with Crippen LogP contribution in [0.4, 0.5) is 5.69 Å². The monoisotopic (exact) mass is 339 g/mol. The van der Waals surface area contributed by atoms with E-state index in [1.165, 1.54) is 0 Å². The molecule has 1 saturated carbocycles. The van der Waals surface area contributed by atoms with E-state index in [1.807, 2.05) is 30.3 Å². The van der Waals surface area contributed by atoms with Gasteiger partial charge in [-0.25, -0.2) is 8.42 Å². The van der Waals surface area contributed by atoms with Crippen molar-refractivity contribution in [3.8, 4) is 0 Å². The number of benzene rings is 2. The Bertz CT molecular complexity index is 723. The van der Waals surface area contributed by atoms with Crippen LogP contribution >= 0.6 is 15.9 Å². The maximum atomic E-state index is 11.9. The Hall–Kier alpha value is -1.07. The van der Waals surface area contributed by atoms with Gasteiger partial charge >= 0.3 is 0 Å². The molecule has 1 aliphatic rings. The van der Waals surface area contributed by atoms with Crippen LogP contribution in [0.25, 0.3) is 10.8 Å². The summed E-state index contributed by atoms with van der Waals surface area (Å²) in [4.78, 5) is 0. The Balaban J connectivity index is 1.86. The lowest BCUT2D eigenvalue weighted by atomic mass is 10.1. The first kappa shape index (κ1) is 12.9. The van der Waals surface area contributed by atoms with Crippen molar-refractivity contribution in [3.05, 3.63) is 40.9 Å². The van der Waals surface area contributed by atoms with Crippen LogP contribution in [-0.4, -0.2) is 14.2 Å². The van der Waals surface area contributed by atoms with Gasteiger partial charge in [-0.05, 0) is 53.8 Å². The van der Waals surface area contributed by atoms with Crippen LogP contribution in [-0.2, 0) is 10.0 Å². The molecule has 0 unspecified atom stereocenters. The molecule has 3 rings (SSSR count). The molecular weight excluding hydrogens is 326 g/mol. The normalized spacial score (nSPS) is 15.6. The van der Waals surface area contributed by atoms with Crippen molar-refractivity contribution < 1.29 is 8.42 Å². The van der Waals surface area contributed by atoms with Crippen LogP contribution in [0.3, 0.4) is 0 Å². The second-order valence-corrected chi connectivity index (χ2v) is 7.72. The van der Waals surface area contributed by atoms with Crippen LogP contribution in [0.15, 0.2) is 40.9 Å². The molecule has 1 N–H and O–H groups in total. The number of nitrogens with one attached hydrogen (secondary N) is 1. The smallest absolute Gasteiger partial charge is 0.232 e. The second-order valence-electron chi connectivity index (χ2n) is 5.03. The Morgan fingerprint density at radius 3 is 2.53 bits per heavy atom. The van der Waals surface area contributed by atoms with E-state index in [9.17, 15) is 8.42 Å². The Labute approximate surface area is 121 Å². The zero-order valence-electron chi connectivity index (χ0n) is 10.3. The summed E-state index contributed by atoms with van der Waals surface area (Å²) in [6.45, 7) is 0. The molecule has 5 heteroatoms. The first-order valence-electron chi connectivity index (χ1n) is 6.22. The summed E-state index contributed by atoms with van der Waals surface area (Å²) >= 11 is 3.42. The third-order valence-corrected chi connectivity index (χ3v) is 5.18. The molecule has 2 aromatic carbocycles. The summed E-state index contributed by atoms with van der Waals surface area (Å²) in [6.07, 6.45) is 2.07. The fourth-order valence-electron chi connectivity index (χ4n) is 2.10. The molecule has 19 heavy (non-hydrogen) atoms. The Morgan fingerprint density at radius 2 is 1.79 bits per heavy atom. The van der Waals surface area contributed by atoms with E-state index in [-0.39, 0.29) is 5.75 Å². The predicted octanol–water partition coefficient (Wildman–Crippen LogP) is 3.75. The second kappa shape index (κ2) is 4.80. The number of hydrogen-bond donors (Lipinski definition) is 1. The Kier molecular flexibility index (Phi) is 3.27. The molecule has 0 aliphatic heterocycles. The minimum absolute atomic E-state index is 0.241. The quantitative estimate of drug-likeness (QED) is 0.921. The molecule has 0 bridgehead atoms. The number of halogens is 1. The lowest BCUT2D eigenvalue weighted by Crippen LogP contribution is -2.17. The van der Waals surface area contributed by atoms with Crippen LogP contribution in [0.2, 0.25) is 0 Å². The number of rotatable bonds is 4. The molecule has 3 nitrogen and oxygen atoms in total. The van der Waals surface area contributed by atoms with E-state index in [1.54, 1.807) is 6.07 Å². The van der Waals surface area contributed by atoms with Crippen molar-refractivity contribution in [2.24, 2.45) is 5.92 Å². The molecule has 0 amide bonds. The van der Waals surface area contributed by atoms with Gasteiger partial charge in [-0.2, -0.15) is 0 Å². The van der Waals surface area contributed by atoms with Crippen molar-refractivity contribution in [1.82, 2.24) is 0 Å². The molecule has 1 aliphatic carbocycles. The summed E-state index contributed by atoms with van der Waals surface area (Å²) in [7, 11) is -3.21. The minimum Gasteiger partial charge on any atom is -0.284 e. The number of sulfonamides is 1. The number of hydrogen-bond acceptors (Lipinski definition) is 2. The van der Waals surface area contributed by atoms with Gasteiger partial charge in [0, 0.05) is 10.2 Å². The fraction of sp³-hybridized carbons (Fsp3) is 0.286. The first-order chi connectivity index (χ1) is 9.02. The van der Waals surface area contributed by atoms with Crippen molar-refractivity contribution >= 4 is 42.4 Å². The molecule has 1 fully saturated rings. The maximum Gasteiger partial charge on any atom is 0.232 e. The highest BCUT2D eigenvalue weighted by Crippen LogP contribution is 2.31. The summed E-state index contributed by atoms with van der Waals surface area (Å²) in [5, 5.41) is 2.11. The highest BCUT2D eigenvalue weighted by atomic mass is 79.9. The summed E-state index contributed by atoms with van der Waals surface area (Å²) in [6, 6.07) is 11.5. The zero-order chi connectivity index (χ0) is 13.5. The predicted molar refractivity (Wildman–Crippen MR) is 81.8 cm³/mol. The van der Waals surface area contributed by atoms with Gasteiger partial charge in [0.25, 0.3) is 0 Å². The molecule has 0 saturated heterocycles. The fourth-order valence-corrected chi connectivity index (χ4v) is 4.00. The topological polar surface area (TPSA) is 46.2 Å². The zero-order valence-corrected chi connectivity index (χ0v) is 12.7. The third kappa shape index (κ3) is 3.28. The van der Waals surface area contributed by atoms with E-state index in [0.29, 0.717) is 11.6 Å². The van der Waals surface area contributed by atoms with Gasteiger partial charge < -0.3 is 0 Å². The lowest BCUT2D eigenvalue weighted by Gasteiger charge is -2.08. The average molecular weight is 340 g/mol.